The molecule has 1 aromatic heterocycles. The summed E-state index contributed by atoms with van der Waals surface area (Å²) >= 11 is 1.46. The molecule has 18 heavy (non-hydrogen) atoms. The van der Waals surface area contributed by atoms with Crippen LogP contribution < -0.4 is 11.1 Å². The number of nitrogens with one attached hydrogen (secondary N) is 1. The molecule has 1 atom stereocenters. The lowest BCUT2D eigenvalue weighted by Gasteiger charge is -2.20. The second-order valence-corrected chi connectivity index (χ2v) is 5.51. The van der Waals surface area contributed by atoms with E-state index in [1.165, 1.54) is 30.9 Å². The van der Waals surface area contributed by atoms with Gasteiger partial charge in [-0.3, -0.25) is 0 Å². The zero-order valence-corrected chi connectivity index (χ0v) is 12.8. The van der Waals surface area contributed by atoms with E-state index in [0.717, 1.165) is 23.7 Å². The molecule has 0 aliphatic rings. The van der Waals surface area contributed by atoms with E-state index in [9.17, 15) is 0 Å². The van der Waals surface area contributed by atoms with Crippen molar-refractivity contribution in [2.75, 3.05) is 30.7 Å². The topological polar surface area (TPSA) is 54.2 Å². The smallest absolute Gasteiger partial charge is 0.142 e. The van der Waals surface area contributed by atoms with Crippen LogP contribution in [0.4, 0.5) is 10.8 Å². The molecule has 1 unspecified atom stereocenters. The number of aromatic nitrogens is 1. The van der Waals surface area contributed by atoms with E-state index in [1.54, 1.807) is 0 Å². The van der Waals surface area contributed by atoms with Crippen molar-refractivity contribution < 1.29 is 0 Å². The van der Waals surface area contributed by atoms with Crippen LogP contribution in [0.25, 0.3) is 0 Å². The molecule has 4 nitrogen and oxygen atoms in total. The zero-order chi connectivity index (χ0) is 13.5. The van der Waals surface area contributed by atoms with Crippen LogP contribution >= 0.6 is 11.5 Å². The van der Waals surface area contributed by atoms with Gasteiger partial charge in [0.15, 0.2) is 0 Å². The lowest BCUT2D eigenvalue weighted by atomic mass is 10.1. The highest BCUT2D eigenvalue weighted by Gasteiger charge is 2.10. The van der Waals surface area contributed by atoms with Gasteiger partial charge in [0.05, 0.1) is 0 Å². The minimum absolute atomic E-state index is 0.471. The van der Waals surface area contributed by atoms with E-state index < -0.39 is 0 Å². The van der Waals surface area contributed by atoms with E-state index in [0.29, 0.717) is 11.9 Å². The SMILES string of the molecule is CCN(CC)CCCC(C)Nc1snc(N)c1C. The third-order valence-corrected chi connectivity index (χ3v) is 4.24. The minimum Gasteiger partial charge on any atom is -0.383 e. The summed E-state index contributed by atoms with van der Waals surface area (Å²) in [6, 6.07) is 0.471. The number of hydrogen-bond acceptors (Lipinski definition) is 5. The van der Waals surface area contributed by atoms with Crippen LogP contribution in [0.3, 0.4) is 0 Å². The normalized spacial score (nSPS) is 12.9. The first kappa shape index (κ1) is 15.2. The molecule has 0 saturated carbocycles. The molecule has 0 amide bonds. The predicted octanol–water partition coefficient (Wildman–Crippen LogP) is 2.96. The molecule has 1 rings (SSSR count). The number of nitrogen functional groups attached to an aromatic ring is 1. The van der Waals surface area contributed by atoms with Crippen molar-refractivity contribution in [1.82, 2.24) is 9.27 Å². The second kappa shape index (κ2) is 7.59. The Hall–Kier alpha value is -0.810. The van der Waals surface area contributed by atoms with Gasteiger partial charge in [0, 0.05) is 11.6 Å². The van der Waals surface area contributed by atoms with Crippen molar-refractivity contribution in [2.45, 2.75) is 46.6 Å². The molecule has 0 radical (unpaired) electrons. The van der Waals surface area contributed by atoms with Crippen molar-refractivity contribution in [3.8, 4) is 0 Å². The van der Waals surface area contributed by atoms with Gasteiger partial charge >= 0.3 is 0 Å². The Morgan fingerprint density at radius 1 is 1.39 bits per heavy atom. The summed E-state index contributed by atoms with van der Waals surface area (Å²) < 4.78 is 4.15. The first-order chi connectivity index (χ1) is 8.58. The van der Waals surface area contributed by atoms with Gasteiger partial charge in [0.2, 0.25) is 0 Å². The summed E-state index contributed by atoms with van der Waals surface area (Å²) in [5.41, 5.74) is 6.82. The Labute approximate surface area is 115 Å². The van der Waals surface area contributed by atoms with Gasteiger partial charge in [-0.2, -0.15) is 4.37 Å². The molecule has 104 valence electrons. The van der Waals surface area contributed by atoms with Gasteiger partial charge < -0.3 is 16.0 Å². The van der Waals surface area contributed by atoms with Crippen LogP contribution in [0.2, 0.25) is 0 Å². The summed E-state index contributed by atoms with van der Waals surface area (Å²) in [6.07, 6.45) is 2.40. The second-order valence-electron chi connectivity index (χ2n) is 4.74. The molecule has 5 heteroatoms. The third kappa shape index (κ3) is 4.46. The number of rotatable bonds is 8. The fraction of sp³-hybridized carbons (Fsp3) is 0.769. The number of nitrogens with zero attached hydrogens (tertiary/aromatic N) is 2. The summed E-state index contributed by atoms with van der Waals surface area (Å²) in [7, 11) is 0. The predicted molar refractivity (Wildman–Crippen MR) is 81.4 cm³/mol. The van der Waals surface area contributed by atoms with Crippen LogP contribution in [0, 0.1) is 6.92 Å². The van der Waals surface area contributed by atoms with E-state index in [1.807, 2.05) is 6.92 Å². The zero-order valence-electron chi connectivity index (χ0n) is 12.0. The molecule has 0 fully saturated rings. The maximum atomic E-state index is 5.74. The Kier molecular flexibility index (Phi) is 6.43. The van der Waals surface area contributed by atoms with Crippen molar-refractivity contribution >= 4 is 22.4 Å². The average molecular weight is 270 g/mol. The van der Waals surface area contributed by atoms with Gasteiger partial charge in [-0.15, -0.1) is 0 Å². The van der Waals surface area contributed by atoms with Crippen molar-refractivity contribution in [1.29, 1.82) is 0 Å². The lowest BCUT2D eigenvalue weighted by molar-refractivity contribution is 0.295. The summed E-state index contributed by atoms with van der Waals surface area (Å²) in [6.45, 7) is 12.1. The first-order valence-electron chi connectivity index (χ1n) is 6.79. The molecule has 0 aromatic carbocycles. The first-order valence-corrected chi connectivity index (χ1v) is 7.56. The molecule has 0 saturated heterocycles. The highest BCUT2D eigenvalue weighted by atomic mass is 32.1. The summed E-state index contributed by atoms with van der Waals surface area (Å²) in [4.78, 5) is 2.46. The van der Waals surface area contributed by atoms with Gasteiger partial charge in [0.1, 0.15) is 10.8 Å². The molecule has 1 heterocycles. The molecule has 1 aromatic rings. The average Bonchev–Trinajstić information content (AvgIpc) is 2.67. The van der Waals surface area contributed by atoms with Gasteiger partial charge in [-0.1, -0.05) is 13.8 Å². The van der Waals surface area contributed by atoms with Gasteiger partial charge in [-0.25, -0.2) is 0 Å². The quantitative estimate of drug-likeness (QED) is 0.762. The lowest BCUT2D eigenvalue weighted by Crippen LogP contribution is -2.25. The van der Waals surface area contributed by atoms with E-state index in [2.05, 4.69) is 35.4 Å². The monoisotopic (exact) mass is 270 g/mol. The minimum atomic E-state index is 0.471. The van der Waals surface area contributed by atoms with Gasteiger partial charge in [0.25, 0.3) is 0 Å². The van der Waals surface area contributed by atoms with Crippen molar-refractivity contribution in [3.63, 3.8) is 0 Å². The highest BCUT2D eigenvalue weighted by Crippen LogP contribution is 2.26. The molecule has 0 spiro atoms. The fourth-order valence-corrected chi connectivity index (χ4v) is 2.76. The van der Waals surface area contributed by atoms with Crippen LogP contribution in [-0.2, 0) is 0 Å². The van der Waals surface area contributed by atoms with E-state index >= 15 is 0 Å². The maximum Gasteiger partial charge on any atom is 0.142 e. The summed E-state index contributed by atoms with van der Waals surface area (Å²) in [5.74, 6) is 0.651. The molecular weight excluding hydrogens is 244 g/mol. The summed E-state index contributed by atoms with van der Waals surface area (Å²) in [5, 5.41) is 4.61. The number of anilines is 2. The van der Waals surface area contributed by atoms with Crippen LogP contribution in [-0.4, -0.2) is 34.9 Å². The molecule has 0 aliphatic heterocycles. The standard InChI is InChI=1S/C13H26N4S/c1-5-17(6-2)9-7-8-10(3)15-13-11(4)12(14)16-18-13/h10,15H,5-9H2,1-4H3,(H2,14,16). The Bertz CT molecular complexity index is 347. The van der Waals surface area contributed by atoms with E-state index in [-0.39, 0.29) is 0 Å². The Balaban J connectivity index is 2.29. The molecule has 3 N–H and O–H groups in total. The largest absolute Gasteiger partial charge is 0.383 e. The van der Waals surface area contributed by atoms with E-state index in [4.69, 9.17) is 5.73 Å². The Morgan fingerprint density at radius 3 is 2.56 bits per heavy atom. The maximum absolute atomic E-state index is 5.74. The molecular formula is C13H26N4S. The van der Waals surface area contributed by atoms with Gasteiger partial charge in [-0.05, 0) is 57.9 Å². The van der Waals surface area contributed by atoms with Crippen LogP contribution in [0.5, 0.6) is 0 Å². The highest BCUT2D eigenvalue weighted by molar-refractivity contribution is 7.10. The number of hydrogen-bond donors (Lipinski definition) is 2. The Morgan fingerprint density at radius 2 is 2.06 bits per heavy atom. The van der Waals surface area contributed by atoms with Crippen molar-refractivity contribution in [3.05, 3.63) is 5.56 Å². The fourth-order valence-electron chi connectivity index (χ4n) is 1.94. The molecule has 0 bridgehead atoms. The third-order valence-electron chi connectivity index (χ3n) is 3.34. The van der Waals surface area contributed by atoms with Crippen LogP contribution in [0.15, 0.2) is 0 Å². The molecule has 0 aliphatic carbocycles. The number of nitrogens with two attached hydrogens (primary N) is 1. The van der Waals surface area contributed by atoms with Crippen molar-refractivity contribution in [2.24, 2.45) is 0 Å². The van der Waals surface area contributed by atoms with Crippen LogP contribution in [0.1, 0.15) is 39.2 Å².